The van der Waals surface area contributed by atoms with Crippen LogP contribution in [0, 0.1) is 11.7 Å². The first-order valence-corrected chi connectivity index (χ1v) is 7.50. The van der Waals surface area contributed by atoms with E-state index in [9.17, 15) is 17.6 Å². The average Bonchev–Trinajstić information content (AvgIpc) is 2.44. The second kappa shape index (κ2) is 6.77. The minimum atomic E-state index is -4.51. The van der Waals surface area contributed by atoms with Crippen LogP contribution in [0.15, 0.2) is 18.2 Å². The van der Waals surface area contributed by atoms with E-state index in [0.717, 1.165) is 31.7 Å². The summed E-state index contributed by atoms with van der Waals surface area (Å²) in [6.45, 7) is 2.41. The van der Waals surface area contributed by atoms with Gasteiger partial charge in [-0.1, -0.05) is 26.2 Å². The molecule has 1 fully saturated rings. The molecule has 2 unspecified atom stereocenters. The van der Waals surface area contributed by atoms with Crippen LogP contribution in [0.2, 0.25) is 0 Å². The van der Waals surface area contributed by atoms with Crippen molar-refractivity contribution in [3.8, 4) is 0 Å². The largest absolute Gasteiger partial charge is 0.416 e. The minimum Gasteiger partial charge on any atom is -0.310 e. The van der Waals surface area contributed by atoms with E-state index >= 15 is 0 Å². The summed E-state index contributed by atoms with van der Waals surface area (Å²) in [5, 5.41) is 3.31. The van der Waals surface area contributed by atoms with Gasteiger partial charge in [-0.2, -0.15) is 13.2 Å². The highest BCUT2D eigenvalue weighted by Gasteiger charge is 2.31. The maximum Gasteiger partial charge on any atom is 0.416 e. The minimum absolute atomic E-state index is 0.280. The molecular formula is C16H21F4N. The van der Waals surface area contributed by atoms with Crippen molar-refractivity contribution in [2.45, 2.75) is 57.8 Å². The van der Waals surface area contributed by atoms with Gasteiger partial charge in [0, 0.05) is 12.6 Å². The van der Waals surface area contributed by atoms with Crippen molar-refractivity contribution < 1.29 is 17.6 Å². The molecule has 0 bridgehead atoms. The quantitative estimate of drug-likeness (QED) is 0.780. The third-order valence-corrected chi connectivity index (χ3v) is 4.29. The molecule has 5 heteroatoms. The van der Waals surface area contributed by atoms with Crippen molar-refractivity contribution in [1.82, 2.24) is 5.32 Å². The van der Waals surface area contributed by atoms with E-state index in [2.05, 4.69) is 12.2 Å². The van der Waals surface area contributed by atoms with Gasteiger partial charge in [0.05, 0.1) is 5.56 Å². The van der Waals surface area contributed by atoms with Crippen molar-refractivity contribution >= 4 is 0 Å². The third kappa shape index (κ3) is 4.43. The molecule has 1 aliphatic carbocycles. The van der Waals surface area contributed by atoms with E-state index in [-0.39, 0.29) is 6.54 Å². The monoisotopic (exact) mass is 303 g/mol. The van der Waals surface area contributed by atoms with Crippen molar-refractivity contribution in [1.29, 1.82) is 0 Å². The number of rotatable bonds is 4. The molecule has 0 saturated heterocycles. The van der Waals surface area contributed by atoms with Gasteiger partial charge in [-0.25, -0.2) is 4.39 Å². The van der Waals surface area contributed by atoms with Gasteiger partial charge in [0.2, 0.25) is 0 Å². The maximum atomic E-state index is 13.3. The van der Waals surface area contributed by atoms with Gasteiger partial charge in [0.1, 0.15) is 5.82 Å². The van der Waals surface area contributed by atoms with Crippen LogP contribution in [-0.2, 0) is 12.7 Å². The number of nitrogens with one attached hydrogen (secondary N) is 1. The van der Waals surface area contributed by atoms with E-state index in [0.29, 0.717) is 23.6 Å². The van der Waals surface area contributed by atoms with Crippen molar-refractivity contribution in [3.05, 3.63) is 35.1 Å². The van der Waals surface area contributed by atoms with E-state index in [1.165, 1.54) is 12.5 Å². The average molecular weight is 303 g/mol. The van der Waals surface area contributed by atoms with Crippen LogP contribution in [0.5, 0.6) is 0 Å². The lowest BCUT2D eigenvalue weighted by molar-refractivity contribution is -0.137. The van der Waals surface area contributed by atoms with Crippen LogP contribution in [-0.4, -0.2) is 6.04 Å². The lowest BCUT2D eigenvalue weighted by Gasteiger charge is -2.31. The van der Waals surface area contributed by atoms with E-state index in [1.54, 1.807) is 0 Å². The Labute approximate surface area is 122 Å². The number of benzene rings is 1. The molecule has 0 amide bonds. The molecule has 1 aromatic rings. The molecule has 1 N–H and O–H groups in total. The van der Waals surface area contributed by atoms with Crippen LogP contribution < -0.4 is 5.32 Å². The molecule has 0 spiro atoms. The zero-order chi connectivity index (χ0) is 15.5. The topological polar surface area (TPSA) is 12.0 Å². The highest BCUT2D eigenvalue weighted by Crippen LogP contribution is 2.31. The molecular weight excluding hydrogens is 282 g/mol. The lowest BCUT2D eigenvalue weighted by atomic mass is 9.83. The Morgan fingerprint density at radius 3 is 2.52 bits per heavy atom. The van der Waals surface area contributed by atoms with Gasteiger partial charge >= 0.3 is 6.18 Å². The molecule has 0 aliphatic heterocycles. The van der Waals surface area contributed by atoms with Gasteiger partial charge in [-0.3, -0.25) is 0 Å². The number of hydrogen-bond acceptors (Lipinski definition) is 1. The first kappa shape index (κ1) is 16.3. The second-order valence-electron chi connectivity index (χ2n) is 5.79. The molecule has 21 heavy (non-hydrogen) atoms. The Hall–Kier alpha value is -1.10. The number of halogens is 4. The number of hydrogen-bond donors (Lipinski definition) is 1. The molecule has 118 valence electrons. The van der Waals surface area contributed by atoms with Crippen molar-refractivity contribution in [2.24, 2.45) is 5.92 Å². The van der Waals surface area contributed by atoms with E-state index in [1.807, 2.05) is 0 Å². The summed E-state index contributed by atoms with van der Waals surface area (Å²) in [6, 6.07) is 3.06. The fraction of sp³-hybridized carbons (Fsp3) is 0.625. The summed E-state index contributed by atoms with van der Waals surface area (Å²) in [4.78, 5) is 0. The highest BCUT2D eigenvalue weighted by molar-refractivity contribution is 5.26. The fourth-order valence-electron chi connectivity index (χ4n) is 3.13. The predicted octanol–water partition coefficient (Wildman–Crippen LogP) is 4.90. The summed E-state index contributed by atoms with van der Waals surface area (Å²) >= 11 is 0. The van der Waals surface area contributed by atoms with Gasteiger partial charge in [0.15, 0.2) is 0 Å². The molecule has 2 atom stereocenters. The van der Waals surface area contributed by atoms with Gasteiger partial charge in [-0.05, 0) is 42.5 Å². The van der Waals surface area contributed by atoms with Crippen LogP contribution >= 0.6 is 0 Å². The van der Waals surface area contributed by atoms with Crippen LogP contribution in [0.4, 0.5) is 17.6 Å². The smallest absolute Gasteiger partial charge is 0.310 e. The molecule has 1 saturated carbocycles. The zero-order valence-electron chi connectivity index (χ0n) is 12.1. The Bertz CT molecular complexity index is 470. The van der Waals surface area contributed by atoms with E-state index < -0.39 is 17.6 Å². The Morgan fingerprint density at radius 1 is 1.14 bits per heavy atom. The highest BCUT2D eigenvalue weighted by atomic mass is 19.4. The van der Waals surface area contributed by atoms with Gasteiger partial charge in [0.25, 0.3) is 0 Å². The van der Waals surface area contributed by atoms with Crippen molar-refractivity contribution in [3.63, 3.8) is 0 Å². The van der Waals surface area contributed by atoms with Crippen LogP contribution in [0.25, 0.3) is 0 Å². The summed E-state index contributed by atoms with van der Waals surface area (Å²) in [5.41, 5.74) is -0.572. The SMILES string of the molecule is CCC1CCCCC1NCc1cc(F)cc(C(F)(F)F)c1. The first-order valence-electron chi connectivity index (χ1n) is 7.50. The maximum absolute atomic E-state index is 13.3. The summed E-state index contributed by atoms with van der Waals surface area (Å²) < 4.78 is 51.4. The Balaban J connectivity index is 2.04. The lowest BCUT2D eigenvalue weighted by Crippen LogP contribution is -2.37. The summed E-state index contributed by atoms with van der Waals surface area (Å²) in [7, 11) is 0. The molecule has 1 aliphatic rings. The van der Waals surface area contributed by atoms with Gasteiger partial charge < -0.3 is 5.32 Å². The normalized spacial score (nSPS) is 23.3. The predicted molar refractivity (Wildman–Crippen MR) is 74.3 cm³/mol. The summed E-state index contributed by atoms with van der Waals surface area (Å²) in [6.07, 6.45) is 1.12. The van der Waals surface area contributed by atoms with Crippen LogP contribution in [0.1, 0.15) is 50.2 Å². The molecule has 1 aromatic carbocycles. The molecule has 0 radical (unpaired) electrons. The molecule has 1 nitrogen and oxygen atoms in total. The number of alkyl halides is 3. The Morgan fingerprint density at radius 2 is 1.86 bits per heavy atom. The molecule has 0 heterocycles. The van der Waals surface area contributed by atoms with Gasteiger partial charge in [-0.15, -0.1) is 0 Å². The summed E-state index contributed by atoms with van der Waals surface area (Å²) in [5.74, 6) is -0.272. The Kier molecular flexibility index (Phi) is 5.25. The fourth-order valence-corrected chi connectivity index (χ4v) is 3.13. The third-order valence-electron chi connectivity index (χ3n) is 4.29. The molecule has 0 aromatic heterocycles. The zero-order valence-corrected chi connectivity index (χ0v) is 12.1. The van der Waals surface area contributed by atoms with E-state index in [4.69, 9.17) is 0 Å². The second-order valence-corrected chi connectivity index (χ2v) is 5.79. The molecule has 2 rings (SSSR count). The standard InChI is InChI=1S/C16H21F4N/c1-2-12-5-3-4-6-15(12)21-10-11-7-13(16(18,19)20)9-14(17)8-11/h7-9,12,15,21H,2-6,10H2,1H3. The first-order chi connectivity index (χ1) is 9.90. The van der Waals surface area contributed by atoms with Crippen molar-refractivity contribution in [2.75, 3.05) is 0 Å². The van der Waals surface area contributed by atoms with Crippen LogP contribution in [0.3, 0.4) is 0 Å².